The Balaban J connectivity index is 4.08. The van der Waals surface area contributed by atoms with Crippen molar-refractivity contribution in [2.24, 2.45) is 0 Å². The molecule has 0 saturated heterocycles. The van der Waals surface area contributed by atoms with Crippen molar-refractivity contribution in [1.82, 2.24) is 0 Å². The van der Waals surface area contributed by atoms with Gasteiger partial charge in [0, 0.05) is 4.32 Å². The number of halogens is 2. The quantitative estimate of drug-likeness (QED) is 0.569. The Bertz CT molecular complexity index is 128. The number of rotatable bonds is 2. The van der Waals surface area contributed by atoms with Crippen molar-refractivity contribution < 1.29 is 9.53 Å². The summed E-state index contributed by atoms with van der Waals surface area (Å²) >= 11 is 6.54. The average Bonchev–Trinajstić information content (AvgIpc) is 1.83. The van der Waals surface area contributed by atoms with E-state index in [9.17, 15) is 4.79 Å². The number of ether oxygens (including phenoxy) is 1. The summed E-state index contributed by atoms with van der Waals surface area (Å²) in [5.74, 6) is -0.262. The van der Waals surface area contributed by atoms with Crippen molar-refractivity contribution in [3.63, 3.8) is 0 Å². The van der Waals surface area contributed by atoms with Crippen LogP contribution in [0.4, 0.5) is 0 Å². The number of esters is 1. The Hall–Kier alpha value is 0.430. The van der Waals surface area contributed by atoms with Crippen LogP contribution in [-0.4, -0.2) is 22.2 Å². The number of alkyl halides is 2. The molecule has 0 bridgehead atoms. The van der Waals surface area contributed by atoms with E-state index in [1.165, 1.54) is 7.11 Å². The van der Waals surface area contributed by atoms with E-state index in [4.69, 9.17) is 0 Å². The predicted molar refractivity (Wildman–Crippen MR) is 47.7 cm³/mol. The van der Waals surface area contributed by atoms with E-state index < -0.39 is 0 Å². The highest BCUT2D eigenvalue weighted by Gasteiger charge is 2.30. The SMILES string of the molecule is COC(=O)C(Br)C(C)(C)Br. The van der Waals surface area contributed by atoms with Crippen LogP contribution >= 0.6 is 31.9 Å². The third-order valence-electron chi connectivity index (χ3n) is 1.01. The zero-order chi connectivity index (χ0) is 8.36. The van der Waals surface area contributed by atoms with Crippen molar-refractivity contribution in [3.8, 4) is 0 Å². The zero-order valence-corrected chi connectivity index (χ0v) is 9.32. The predicted octanol–water partition coefficient (Wildman–Crippen LogP) is 2.10. The van der Waals surface area contributed by atoms with E-state index in [-0.39, 0.29) is 15.1 Å². The fraction of sp³-hybridized carbons (Fsp3) is 0.833. The van der Waals surface area contributed by atoms with Gasteiger partial charge in [-0.25, -0.2) is 0 Å². The molecule has 0 heterocycles. The molecule has 0 aliphatic carbocycles. The van der Waals surface area contributed by atoms with Crippen LogP contribution in [0.1, 0.15) is 13.8 Å². The minimum atomic E-state index is -0.301. The molecule has 0 rings (SSSR count). The second-order valence-corrected chi connectivity index (χ2v) is 5.41. The maximum atomic E-state index is 10.9. The van der Waals surface area contributed by atoms with E-state index in [1.807, 2.05) is 13.8 Å². The summed E-state index contributed by atoms with van der Waals surface area (Å²) in [4.78, 5) is 10.6. The molecule has 2 nitrogen and oxygen atoms in total. The first-order valence-electron chi connectivity index (χ1n) is 2.80. The van der Waals surface area contributed by atoms with Gasteiger partial charge < -0.3 is 4.74 Å². The second-order valence-electron chi connectivity index (χ2n) is 2.45. The van der Waals surface area contributed by atoms with Gasteiger partial charge in [-0.3, -0.25) is 4.79 Å². The van der Waals surface area contributed by atoms with Crippen LogP contribution in [0.2, 0.25) is 0 Å². The number of carbonyl (C=O) groups is 1. The second kappa shape index (κ2) is 3.72. The summed E-state index contributed by atoms with van der Waals surface area (Å²) < 4.78 is 4.26. The zero-order valence-electron chi connectivity index (χ0n) is 6.15. The van der Waals surface area contributed by atoms with Crippen molar-refractivity contribution in [2.45, 2.75) is 23.0 Å². The Kier molecular flexibility index (Phi) is 3.88. The summed E-state index contributed by atoms with van der Waals surface area (Å²) in [6, 6.07) is 0. The average molecular weight is 274 g/mol. The highest BCUT2D eigenvalue weighted by molar-refractivity contribution is 9.12. The van der Waals surface area contributed by atoms with E-state index in [1.54, 1.807) is 0 Å². The van der Waals surface area contributed by atoms with Crippen molar-refractivity contribution >= 4 is 37.8 Å². The summed E-state index contributed by atoms with van der Waals surface area (Å²) in [6.07, 6.45) is 0. The van der Waals surface area contributed by atoms with Crippen LogP contribution in [-0.2, 0) is 9.53 Å². The van der Waals surface area contributed by atoms with Gasteiger partial charge in [0.2, 0.25) is 0 Å². The van der Waals surface area contributed by atoms with Crippen LogP contribution in [0.5, 0.6) is 0 Å². The van der Waals surface area contributed by atoms with Gasteiger partial charge in [-0.05, 0) is 13.8 Å². The fourth-order valence-corrected chi connectivity index (χ4v) is 0.758. The molecule has 4 heteroatoms. The molecule has 0 N–H and O–H groups in total. The van der Waals surface area contributed by atoms with Crippen LogP contribution in [0, 0.1) is 0 Å². The van der Waals surface area contributed by atoms with Crippen LogP contribution in [0.25, 0.3) is 0 Å². The molecule has 0 aromatic heterocycles. The lowest BCUT2D eigenvalue weighted by Crippen LogP contribution is -2.32. The molecule has 0 saturated carbocycles. The van der Waals surface area contributed by atoms with E-state index in [2.05, 4.69) is 36.6 Å². The van der Waals surface area contributed by atoms with Gasteiger partial charge in [0.25, 0.3) is 0 Å². The lowest BCUT2D eigenvalue weighted by molar-refractivity contribution is -0.140. The normalized spacial score (nSPS) is 14.5. The molecule has 1 unspecified atom stereocenters. The van der Waals surface area contributed by atoms with Crippen molar-refractivity contribution in [2.75, 3.05) is 7.11 Å². The van der Waals surface area contributed by atoms with Gasteiger partial charge in [-0.1, -0.05) is 31.9 Å². The molecule has 0 amide bonds. The standard InChI is InChI=1S/C6H10Br2O2/c1-6(2,8)4(7)5(9)10-3/h4H,1-3H3. The highest BCUT2D eigenvalue weighted by atomic mass is 79.9. The maximum absolute atomic E-state index is 10.9. The van der Waals surface area contributed by atoms with Gasteiger partial charge in [0.1, 0.15) is 4.83 Å². The molecule has 0 aliphatic rings. The molecular weight excluding hydrogens is 264 g/mol. The number of methoxy groups -OCH3 is 1. The Morgan fingerprint density at radius 2 is 2.00 bits per heavy atom. The number of hydrogen-bond acceptors (Lipinski definition) is 2. The smallest absolute Gasteiger partial charge is 0.320 e. The lowest BCUT2D eigenvalue weighted by Gasteiger charge is -2.20. The molecule has 1 atom stereocenters. The monoisotopic (exact) mass is 272 g/mol. The van der Waals surface area contributed by atoms with Crippen LogP contribution in [0.15, 0.2) is 0 Å². The maximum Gasteiger partial charge on any atom is 0.320 e. The summed E-state index contributed by atoms with van der Waals surface area (Å²) in [6.45, 7) is 3.78. The Morgan fingerprint density at radius 1 is 1.60 bits per heavy atom. The van der Waals surface area contributed by atoms with Gasteiger partial charge in [-0.2, -0.15) is 0 Å². The number of carbonyl (C=O) groups excluding carboxylic acids is 1. The first-order valence-corrected chi connectivity index (χ1v) is 4.51. The van der Waals surface area contributed by atoms with Gasteiger partial charge in [-0.15, -0.1) is 0 Å². The third kappa shape index (κ3) is 3.01. The molecule has 0 fully saturated rings. The Labute approximate surface area is 77.6 Å². The van der Waals surface area contributed by atoms with Crippen LogP contribution in [0.3, 0.4) is 0 Å². The van der Waals surface area contributed by atoms with Crippen molar-refractivity contribution in [1.29, 1.82) is 0 Å². The number of hydrogen-bond donors (Lipinski definition) is 0. The molecule has 10 heavy (non-hydrogen) atoms. The van der Waals surface area contributed by atoms with Gasteiger partial charge in [0.05, 0.1) is 7.11 Å². The van der Waals surface area contributed by atoms with Crippen LogP contribution < -0.4 is 0 Å². The summed E-state index contributed by atoms with van der Waals surface area (Å²) in [7, 11) is 1.37. The van der Waals surface area contributed by atoms with E-state index in [0.29, 0.717) is 0 Å². The molecular formula is C6H10Br2O2. The third-order valence-corrected chi connectivity index (χ3v) is 3.60. The lowest BCUT2D eigenvalue weighted by atomic mass is 10.1. The minimum Gasteiger partial charge on any atom is -0.468 e. The van der Waals surface area contributed by atoms with Gasteiger partial charge in [0.15, 0.2) is 0 Å². The molecule has 0 aromatic carbocycles. The molecule has 0 aromatic rings. The first kappa shape index (κ1) is 10.4. The summed E-state index contributed by atoms with van der Waals surface area (Å²) in [5.41, 5.74) is 0. The first-order chi connectivity index (χ1) is 4.39. The molecule has 0 spiro atoms. The molecule has 0 aliphatic heterocycles. The van der Waals surface area contributed by atoms with Gasteiger partial charge >= 0.3 is 5.97 Å². The summed E-state index contributed by atoms with van der Waals surface area (Å²) in [5, 5.41) is 0. The topological polar surface area (TPSA) is 26.3 Å². The Morgan fingerprint density at radius 3 is 2.10 bits per heavy atom. The van der Waals surface area contributed by atoms with Crippen molar-refractivity contribution in [3.05, 3.63) is 0 Å². The fourth-order valence-electron chi connectivity index (χ4n) is 0.384. The highest BCUT2D eigenvalue weighted by Crippen LogP contribution is 2.27. The molecule has 60 valence electrons. The van der Waals surface area contributed by atoms with E-state index in [0.717, 1.165) is 0 Å². The largest absolute Gasteiger partial charge is 0.468 e. The minimum absolute atomic E-state index is 0.262. The van der Waals surface area contributed by atoms with E-state index >= 15 is 0 Å². The molecule has 0 radical (unpaired) electrons.